The van der Waals surface area contributed by atoms with Gasteiger partial charge < -0.3 is 5.11 Å². The average molecular weight is 560 g/mol. The van der Waals surface area contributed by atoms with Crippen molar-refractivity contribution in [3.63, 3.8) is 0 Å². The molecule has 1 N–H and O–H groups in total. The topological polar surface area (TPSA) is 57.6 Å². The highest BCUT2D eigenvalue weighted by molar-refractivity contribution is 9.10. The van der Waals surface area contributed by atoms with Gasteiger partial charge in [-0.2, -0.15) is 13.2 Å². The normalized spacial score (nSPS) is 12.3. The molecule has 0 spiro atoms. The van der Waals surface area contributed by atoms with Crippen molar-refractivity contribution in [3.8, 4) is 5.75 Å². The number of anilines is 1. The number of sulfonamides is 1. The second kappa shape index (κ2) is 8.62. The minimum Gasteiger partial charge on any atom is -0.508 e. The first-order chi connectivity index (χ1) is 15.5. The molecule has 1 aromatic heterocycles. The van der Waals surface area contributed by atoms with Crippen LogP contribution in [0.3, 0.4) is 0 Å². The molecule has 0 atom stereocenters. The predicted octanol–water partition coefficient (Wildman–Crippen LogP) is 6.92. The van der Waals surface area contributed by atoms with Crippen molar-refractivity contribution in [2.75, 3.05) is 4.31 Å². The lowest BCUT2D eigenvalue weighted by Gasteiger charge is -2.24. The molecule has 33 heavy (non-hydrogen) atoms. The fraction of sp³-hybridized carbons (Fsp3) is 0.0909. The van der Waals surface area contributed by atoms with Crippen LogP contribution in [-0.2, 0) is 22.7 Å². The summed E-state index contributed by atoms with van der Waals surface area (Å²) in [5.41, 5.74) is -1.54. The standard InChI is InChI=1S/C22H14BrF4NO3S2/c23-20-16-6-1-2-7-19(16)32-21(20)28(33(30,31)15-5-3-4-14(29)11-15)12-13-8-9-18(24)17(10-13)22(25,26)27/h1-11,29H,12H2. The van der Waals surface area contributed by atoms with Crippen molar-refractivity contribution in [2.45, 2.75) is 17.6 Å². The van der Waals surface area contributed by atoms with Gasteiger partial charge in [0.25, 0.3) is 10.0 Å². The Morgan fingerprint density at radius 1 is 1.00 bits per heavy atom. The molecule has 0 saturated carbocycles. The zero-order valence-corrected chi connectivity index (χ0v) is 19.7. The number of alkyl halides is 3. The number of halogens is 5. The molecule has 4 rings (SSSR count). The number of rotatable bonds is 5. The van der Waals surface area contributed by atoms with E-state index in [2.05, 4.69) is 15.9 Å². The Morgan fingerprint density at radius 2 is 1.73 bits per heavy atom. The first kappa shape index (κ1) is 23.5. The number of nitrogens with zero attached hydrogens (tertiary/aromatic N) is 1. The van der Waals surface area contributed by atoms with E-state index in [1.807, 2.05) is 0 Å². The minimum absolute atomic E-state index is 0.0585. The third-order valence-corrected chi connectivity index (χ3v) is 8.93. The number of hydrogen-bond acceptors (Lipinski definition) is 4. The lowest BCUT2D eigenvalue weighted by atomic mass is 10.1. The van der Waals surface area contributed by atoms with Gasteiger partial charge in [-0.25, -0.2) is 12.8 Å². The highest BCUT2D eigenvalue weighted by atomic mass is 79.9. The van der Waals surface area contributed by atoms with Crippen LogP contribution in [0.1, 0.15) is 11.1 Å². The van der Waals surface area contributed by atoms with Crippen molar-refractivity contribution in [1.29, 1.82) is 0 Å². The lowest BCUT2D eigenvalue weighted by molar-refractivity contribution is -0.140. The third-order valence-electron chi connectivity index (χ3n) is 4.81. The predicted molar refractivity (Wildman–Crippen MR) is 122 cm³/mol. The van der Waals surface area contributed by atoms with Gasteiger partial charge in [0, 0.05) is 16.2 Å². The Balaban J connectivity index is 1.89. The van der Waals surface area contributed by atoms with Crippen LogP contribution in [0.25, 0.3) is 10.1 Å². The highest BCUT2D eigenvalue weighted by Crippen LogP contribution is 2.44. The summed E-state index contributed by atoms with van der Waals surface area (Å²) in [5.74, 6) is -1.73. The maximum Gasteiger partial charge on any atom is 0.419 e. The third kappa shape index (κ3) is 4.57. The first-order valence-corrected chi connectivity index (χ1v) is 12.4. The van der Waals surface area contributed by atoms with E-state index in [4.69, 9.17) is 0 Å². The molecule has 1 heterocycles. The molecule has 0 aliphatic rings. The summed E-state index contributed by atoms with van der Waals surface area (Å²) in [4.78, 5) is -0.245. The summed E-state index contributed by atoms with van der Waals surface area (Å²) < 4.78 is 82.8. The molecular formula is C22H14BrF4NO3S2. The molecule has 0 amide bonds. The van der Waals surface area contributed by atoms with E-state index < -0.39 is 34.1 Å². The fourth-order valence-corrected chi connectivity index (χ4v) is 7.11. The monoisotopic (exact) mass is 559 g/mol. The van der Waals surface area contributed by atoms with Crippen molar-refractivity contribution < 1.29 is 31.1 Å². The van der Waals surface area contributed by atoms with Gasteiger partial charge in [-0.1, -0.05) is 30.3 Å². The van der Waals surface area contributed by atoms with E-state index in [1.54, 1.807) is 24.3 Å². The number of aromatic hydroxyl groups is 1. The summed E-state index contributed by atoms with van der Waals surface area (Å²) in [6, 6.07) is 14.4. The second-order valence-electron chi connectivity index (χ2n) is 7.04. The lowest BCUT2D eigenvalue weighted by Crippen LogP contribution is -2.30. The molecule has 0 aliphatic carbocycles. The molecule has 172 valence electrons. The van der Waals surface area contributed by atoms with Crippen LogP contribution in [0.15, 0.2) is 76.1 Å². The Labute approximate surface area is 198 Å². The van der Waals surface area contributed by atoms with Crippen molar-refractivity contribution in [1.82, 2.24) is 0 Å². The zero-order valence-electron chi connectivity index (χ0n) is 16.5. The number of phenolic OH excluding ortho intramolecular Hbond substituents is 1. The second-order valence-corrected chi connectivity index (χ2v) is 10.7. The van der Waals surface area contributed by atoms with Crippen molar-refractivity contribution in [3.05, 3.63) is 88.1 Å². The number of phenols is 1. The van der Waals surface area contributed by atoms with Gasteiger partial charge in [0.2, 0.25) is 0 Å². The first-order valence-electron chi connectivity index (χ1n) is 9.33. The van der Waals surface area contributed by atoms with E-state index in [0.717, 1.165) is 37.9 Å². The molecule has 0 bridgehead atoms. The maximum atomic E-state index is 13.8. The van der Waals surface area contributed by atoms with Gasteiger partial charge in [-0.3, -0.25) is 4.31 Å². The van der Waals surface area contributed by atoms with Gasteiger partial charge in [-0.05, 0) is 51.8 Å². The molecular weight excluding hydrogens is 546 g/mol. The van der Waals surface area contributed by atoms with Crippen LogP contribution in [0.5, 0.6) is 5.75 Å². The van der Waals surface area contributed by atoms with Crippen LogP contribution >= 0.6 is 27.3 Å². The molecule has 0 saturated heterocycles. The summed E-state index contributed by atoms with van der Waals surface area (Å²) in [6.45, 7) is -0.493. The van der Waals surface area contributed by atoms with E-state index >= 15 is 0 Å². The SMILES string of the molecule is O=S(=O)(c1cccc(O)c1)N(Cc1ccc(F)c(C(F)(F)F)c1)c1sc2ccccc2c1Br. The Hall–Kier alpha value is -2.63. The van der Waals surface area contributed by atoms with Gasteiger partial charge in [0.15, 0.2) is 0 Å². The molecule has 4 aromatic rings. The van der Waals surface area contributed by atoms with E-state index in [9.17, 15) is 31.1 Å². The summed E-state index contributed by atoms with van der Waals surface area (Å²) in [5, 5.41) is 10.7. The van der Waals surface area contributed by atoms with Crippen molar-refractivity contribution in [2.24, 2.45) is 0 Å². The van der Waals surface area contributed by atoms with Gasteiger partial charge in [0.05, 0.1) is 21.5 Å². The smallest absolute Gasteiger partial charge is 0.419 e. The Morgan fingerprint density at radius 3 is 2.39 bits per heavy atom. The Bertz CT molecular complexity index is 1450. The summed E-state index contributed by atoms with van der Waals surface area (Å²) in [6.07, 6.45) is -4.94. The van der Waals surface area contributed by atoms with Gasteiger partial charge in [0.1, 0.15) is 16.6 Å². The zero-order chi connectivity index (χ0) is 24.0. The molecule has 11 heteroatoms. The molecule has 0 unspecified atom stereocenters. The average Bonchev–Trinajstić information content (AvgIpc) is 3.08. The number of fused-ring (bicyclic) bond motifs is 1. The molecule has 0 radical (unpaired) electrons. The van der Waals surface area contributed by atoms with E-state index in [-0.39, 0.29) is 21.2 Å². The molecule has 4 nitrogen and oxygen atoms in total. The molecule has 0 aliphatic heterocycles. The maximum absolute atomic E-state index is 13.8. The number of thiophene rings is 1. The van der Waals surface area contributed by atoms with Crippen LogP contribution in [0.4, 0.5) is 22.6 Å². The van der Waals surface area contributed by atoms with Gasteiger partial charge >= 0.3 is 6.18 Å². The number of benzene rings is 3. The van der Waals surface area contributed by atoms with Crippen LogP contribution in [0.2, 0.25) is 0 Å². The Kier molecular flexibility index (Phi) is 6.14. The van der Waals surface area contributed by atoms with Gasteiger partial charge in [-0.15, -0.1) is 11.3 Å². The highest BCUT2D eigenvalue weighted by Gasteiger charge is 2.35. The van der Waals surface area contributed by atoms with Crippen LogP contribution in [-0.4, -0.2) is 13.5 Å². The van der Waals surface area contributed by atoms with E-state index in [1.165, 1.54) is 18.2 Å². The minimum atomic E-state index is -4.94. The van der Waals surface area contributed by atoms with Crippen LogP contribution < -0.4 is 4.31 Å². The number of hydrogen-bond donors (Lipinski definition) is 1. The fourth-order valence-electron chi connectivity index (χ4n) is 3.25. The largest absolute Gasteiger partial charge is 0.508 e. The summed E-state index contributed by atoms with van der Waals surface area (Å²) in [7, 11) is -4.32. The van der Waals surface area contributed by atoms with Crippen molar-refractivity contribution >= 4 is 52.4 Å². The quantitative estimate of drug-likeness (QED) is 0.270. The summed E-state index contributed by atoms with van der Waals surface area (Å²) >= 11 is 4.55. The van der Waals surface area contributed by atoms with E-state index in [0.29, 0.717) is 16.6 Å². The van der Waals surface area contributed by atoms with Crippen LogP contribution in [0, 0.1) is 5.82 Å². The molecule has 0 fully saturated rings. The molecule has 3 aromatic carbocycles.